The Hall–Kier alpha value is -2.83. The molecule has 2 amide bonds. The van der Waals surface area contributed by atoms with Gasteiger partial charge >= 0.3 is 0 Å². The molecule has 1 heterocycles. The first kappa shape index (κ1) is 16.5. The number of aryl methyl sites for hydroxylation is 1. The van der Waals surface area contributed by atoms with Crippen molar-refractivity contribution < 1.29 is 14.1 Å². The smallest absolute Gasteiger partial charge is 0.248 e. The second kappa shape index (κ2) is 7.44. The van der Waals surface area contributed by atoms with Crippen LogP contribution in [0.25, 0.3) is 0 Å². The maximum absolute atomic E-state index is 12.3. The Morgan fingerprint density at radius 2 is 2.00 bits per heavy atom. The zero-order valence-corrected chi connectivity index (χ0v) is 13.1. The number of primary amides is 1. The monoisotopic (exact) mass is 316 g/mol. The van der Waals surface area contributed by atoms with Gasteiger partial charge in [0, 0.05) is 11.8 Å². The van der Waals surface area contributed by atoms with E-state index in [1.54, 1.807) is 25.1 Å². The minimum absolute atomic E-state index is 0.193. The third kappa shape index (κ3) is 4.84. The standard InChI is InChI=1S/C16H20N4O3/c1-3-13(16(22)19-15-8-10(2)23-20-15)18-12-6-4-11(5-7-12)9-14(17)21/h4-8,13,18H,3,9H2,1-2H3,(H2,17,21)(H,19,20,22)/t13-/m0/s1. The van der Waals surface area contributed by atoms with Gasteiger partial charge in [0.2, 0.25) is 11.8 Å². The number of aromatic nitrogens is 1. The Balaban J connectivity index is 1.98. The number of rotatable bonds is 7. The summed E-state index contributed by atoms with van der Waals surface area (Å²) >= 11 is 0. The molecule has 2 aromatic rings. The fraction of sp³-hybridized carbons (Fsp3) is 0.312. The minimum atomic E-state index is -0.408. The number of carbonyl (C=O) groups is 2. The lowest BCUT2D eigenvalue weighted by atomic mass is 10.1. The zero-order chi connectivity index (χ0) is 16.8. The summed E-state index contributed by atoms with van der Waals surface area (Å²) in [5.41, 5.74) is 6.78. The third-order valence-electron chi connectivity index (χ3n) is 3.28. The van der Waals surface area contributed by atoms with Crippen LogP contribution in [-0.4, -0.2) is 23.0 Å². The van der Waals surface area contributed by atoms with Crippen molar-refractivity contribution in [3.63, 3.8) is 0 Å². The van der Waals surface area contributed by atoms with Crippen LogP contribution in [0.4, 0.5) is 11.5 Å². The number of nitrogens with one attached hydrogen (secondary N) is 2. The summed E-state index contributed by atoms with van der Waals surface area (Å²) in [6, 6.07) is 8.48. The first-order valence-corrected chi connectivity index (χ1v) is 7.36. The van der Waals surface area contributed by atoms with Crippen molar-refractivity contribution in [1.82, 2.24) is 5.16 Å². The van der Waals surface area contributed by atoms with E-state index in [1.165, 1.54) is 0 Å². The van der Waals surface area contributed by atoms with E-state index in [1.807, 2.05) is 19.1 Å². The molecule has 122 valence electrons. The van der Waals surface area contributed by atoms with E-state index in [2.05, 4.69) is 15.8 Å². The molecular formula is C16H20N4O3. The summed E-state index contributed by atoms with van der Waals surface area (Å²) in [7, 11) is 0. The molecule has 0 fully saturated rings. The highest BCUT2D eigenvalue weighted by atomic mass is 16.5. The molecule has 0 aliphatic heterocycles. The van der Waals surface area contributed by atoms with Crippen molar-refractivity contribution in [1.29, 1.82) is 0 Å². The Bertz CT molecular complexity index is 679. The first-order chi connectivity index (χ1) is 11.0. The maximum Gasteiger partial charge on any atom is 0.248 e. The lowest BCUT2D eigenvalue weighted by Crippen LogP contribution is -2.34. The predicted octanol–water partition coefficient (Wildman–Crippen LogP) is 1.84. The van der Waals surface area contributed by atoms with Crippen LogP contribution in [0.15, 0.2) is 34.9 Å². The molecule has 0 radical (unpaired) electrons. The fourth-order valence-electron chi connectivity index (χ4n) is 2.11. The molecule has 4 N–H and O–H groups in total. The number of amides is 2. The number of hydrogen-bond acceptors (Lipinski definition) is 5. The molecule has 2 rings (SSSR count). The predicted molar refractivity (Wildman–Crippen MR) is 86.9 cm³/mol. The summed E-state index contributed by atoms with van der Waals surface area (Å²) in [6.45, 7) is 3.67. The van der Waals surface area contributed by atoms with E-state index in [-0.39, 0.29) is 18.2 Å². The molecule has 0 saturated carbocycles. The van der Waals surface area contributed by atoms with Crippen LogP contribution in [0.3, 0.4) is 0 Å². The molecule has 7 heteroatoms. The van der Waals surface area contributed by atoms with Gasteiger partial charge in [-0.05, 0) is 31.0 Å². The second-order valence-corrected chi connectivity index (χ2v) is 5.26. The van der Waals surface area contributed by atoms with Gasteiger partial charge < -0.3 is 20.9 Å². The normalized spacial score (nSPS) is 11.7. The number of hydrogen-bond donors (Lipinski definition) is 3. The molecule has 1 aromatic carbocycles. The van der Waals surface area contributed by atoms with E-state index in [4.69, 9.17) is 10.3 Å². The van der Waals surface area contributed by atoms with Gasteiger partial charge in [-0.2, -0.15) is 0 Å². The van der Waals surface area contributed by atoms with Crippen molar-refractivity contribution in [3.05, 3.63) is 41.7 Å². The highest BCUT2D eigenvalue weighted by Gasteiger charge is 2.17. The Kier molecular flexibility index (Phi) is 5.35. The molecule has 0 aliphatic rings. The van der Waals surface area contributed by atoms with Crippen LogP contribution in [0, 0.1) is 6.92 Å². The number of carbonyl (C=O) groups excluding carboxylic acids is 2. The van der Waals surface area contributed by atoms with Crippen molar-refractivity contribution in [2.24, 2.45) is 5.73 Å². The van der Waals surface area contributed by atoms with Crippen LogP contribution in [0.5, 0.6) is 0 Å². The molecule has 0 spiro atoms. The third-order valence-corrected chi connectivity index (χ3v) is 3.28. The van der Waals surface area contributed by atoms with E-state index >= 15 is 0 Å². The maximum atomic E-state index is 12.3. The lowest BCUT2D eigenvalue weighted by Gasteiger charge is -2.17. The van der Waals surface area contributed by atoms with Gasteiger partial charge in [-0.3, -0.25) is 9.59 Å². The highest BCUT2D eigenvalue weighted by molar-refractivity contribution is 5.95. The van der Waals surface area contributed by atoms with Crippen molar-refractivity contribution in [3.8, 4) is 0 Å². The Labute approximate surface area is 134 Å². The largest absolute Gasteiger partial charge is 0.374 e. The Morgan fingerprint density at radius 3 is 2.52 bits per heavy atom. The number of benzene rings is 1. The lowest BCUT2D eigenvalue weighted by molar-refractivity contribution is -0.118. The molecule has 1 aromatic heterocycles. The highest BCUT2D eigenvalue weighted by Crippen LogP contribution is 2.14. The van der Waals surface area contributed by atoms with Gasteiger partial charge in [-0.1, -0.05) is 24.2 Å². The average Bonchev–Trinajstić information content (AvgIpc) is 2.91. The quantitative estimate of drug-likeness (QED) is 0.722. The number of nitrogens with zero attached hydrogens (tertiary/aromatic N) is 1. The molecule has 0 aliphatic carbocycles. The molecule has 0 bridgehead atoms. The van der Waals surface area contributed by atoms with Crippen LogP contribution in [-0.2, 0) is 16.0 Å². The first-order valence-electron chi connectivity index (χ1n) is 7.36. The molecule has 7 nitrogen and oxygen atoms in total. The Morgan fingerprint density at radius 1 is 1.30 bits per heavy atom. The van der Waals surface area contributed by atoms with Crippen molar-refractivity contribution in [2.75, 3.05) is 10.6 Å². The van der Waals surface area contributed by atoms with Crippen molar-refractivity contribution in [2.45, 2.75) is 32.7 Å². The summed E-state index contributed by atoms with van der Waals surface area (Å²) < 4.78 is 4.92. The van der Waals surface area contributed by atoms with E-state index in [9.17, 15) is 9.59 Å². The molecule has 0 unspecified atom stereocenters. The second-order valence-electron chi connectivity index (χ2n) is 5.26. The van der Waals surface area contributed by atoms with Gasteiger partial charge in [0.25, 0.3) is 0 Å². The molecule has 23 heavy (non-hydrogen) atoms. The average molecular weight is 316 g/mol. The van der Waals surface area contributed by atoms with Crippen LogP contribution in [0.1, 0.15) is 24.7 Å². The molecular weight excluding hydrogens is 296 g/mol. The SMILES string of the molecule is CC[C@H](Nc1ccc(CC(N)=O)cc1)C(=O)Nc1cc(C)on1. The van der Waals surface area contributed by atoms with E-state index in [0.29, 0.717) is 18.0 Å². The van der Waals surface area contributed by atoms with Gasteiger partial charge in [0.05, 0.1) is 6.42 Å². The van der Waals surface area contributed by atoms with E-state index < -0.39 is 6.04 Å². The van der Waals surface area contributed by atoms with Crippen LogP contribution in [0.2, 0.25) is 0 Å². The summed E-state index contributed by atoms with van der Waals surface area (Å²) in [4.78, 5) is 23.1. The summed E-state index contributed by atoms with van der Waals surface area (Å²) in [6.07, 6.45) is 0.801. The van der Waals surface area contributed by atoms with Crippen molar-refractivity contribution >= 4 is 23.3 Å². The number of nitrogens with two attached hydrogens (primary N) is 1. The van der Waals surface area contributed by atoms with Crippen LogP contribution >= 0.6 is 0 Å². The topological polar surface area (TPSA) is 110 Å². The summed E-state index contributed by atoms with van der Waals surface area (Å²) in [5, 5.41) is 9.59. The number of anilines is 2. The van der Waals surface area contributed by atoms with Gasteiger partial charge in [0.15, 0.2) is 5.82 Å². The van der Waals surface area contributed by atoms with Gasteiger partial charge in [0.1, 0.15) is 11.8 Å². The van der Waals surface area contributed by atoms with E-state index in [0.717, 1.165) is 11.3 Å². The zero-order valence-electron chi connectivity index (χ0n) is 13.1. The van der Waals surface area contributed by atoms with Gasteiger partial charge in [-0.15, -0.1) is 0 Å². The molecule has 0 saturated heterocycles. The molecule has 1 atom stereocenters. The van der Waals surface area contributed by atoms with Gasteiger partial charge in [-0.25, -0.2) is 0 Å². The van der Waals surface area contributed by atoms with Crippen LogP contribution < -0.4 is 16.4 Å². The minimum Gasteiger partial charge on any atom is -0.374 e. The summed E-state index contributed by atoms with van der Waals surface area (Å²) in [5.74, 6) is 0.456. The fourth-order valence-corrected chi connectivity index (χ4v) is 2.11.